The zero-order valence-corrected chi connectivity index (χ0v) is 14.7. The first-order chi connectivity index (χ1) is 9.33. The fourth-order valence-corrected chi connectivity index (χ4v) is 0.653. The van der Waals surface area contributed by atoms with Gasteiger partial charge in [-0.2, -0.15) is 0 Å². The molecular weight excluding hydrogens is 338 g/mol. The van der Waals surface area contributed by atoms with Crippen LogP contribution in [-0.4, -0.2) is 37.1 Å². The molecule has 0 aliphatic rings. The van der Waals surface area contributed by atoms with Gasteiger partial charge in [0.15, 0.2) is 0 Å². The minimum Gasteiger partial charge on any atom is -0.545 e. The molecule has 0 saturated heterocycles. The molecule has 0 heterocycles. The summed E-state index contributed by atoms with van der Waals surface area (Å²) in [7, 11) is 0. The second-order valence-corrected chi connectivity index (χ2v) is 2.81. The van der Waals surface area contributed by atoms with Crippen LogP contribution in [0.5, 0.6) is 0 Å². The van der Waals surface area contributed by atoms with Crippen LogP contribution in [0.4, 0.5) is 0 Å². The monoisotopic (exact) mass is 350 g/mol. The summed E-state index contributed by atoms with van der Waals surface area (Å²) in [6, 6.07) is 0. The Morgan fingerprint density at radius 3 is 1.24 bits per heavy atom. The molecule has 0 aromatic rings. The number of carbonyl (C=O) groups excluding carboxylic acids is 4. The largest absolute Gasteiger partial charge is 2.00 e. The Labute approximate surface area is 134 Å². The molecule has 8 nitrogen and oxygen atoms in total. The van der Waals surface area contributed by atoms with Gasteiger partial charge in [0, 0.05) is 12.2 Å². The predicted molar refractivity (Wildman–Crippen MR) is 61.6 cm³/mol. The molecule has 9 heteroatoms. The summed E-state index contributed by atoms with van der Waals surface area (Å²) in [5.41, 5.74) is 0. The molecule has 21 heavy (non-hydrogen) atoms. The van der Waals surface area contributed by atoms with E-state index in [-0.39, 0.29) is 32.7 Å². The SMILES string of the molecule is CCOC(=O)/C=C/C(=O)[O-].CCOC(=O)/C=C/C(=O)[O-].[Zn+2]. The number of carboxylic acid groups (broad SMARTS) is 2. The van der Waals surface area contributed by atoms with E-state index < -0.39 is 23.9 Å². The van der Waals surface area contributed by atoms with E-state index in [1.54, 1.807) is 13.8 Å². The van der Waals surface area contributed by atoms with Crippen molar-refractivity contribution in [3.8, 4) is 0 Å². The van der Waals surface area contributed by atoms with Gasteiger partial charge in [-0.05, 0) is 26.0 Å². The molecule has 0 aliphatic heterocycles. The Bertz CT molecular complexity index is 362. The predicted octanol–water partition coefficient (Wildman–Crippen LogP) is -2.29. The maximum atomic E-state index is 10.3. The van der Waals surface area contributed by atoms with Gasteiger partial charge in [0.25, 0.3) is 0 Å². The van der Waals surface area contributed by atoms with Gasteiger partial charge in [-0.25, -0.2) is 9.59 Å². The second kappa shape index (κ2) is 16.0. The molecule has 0 radical (unpaired) electrons. The van der Waals surface area contributed by atoms with Crippen molar-refractivity contribution in [3.63, 3.8) is 0 Å². The molecular formula is C12H14O8Zn. The Kier molecular flexibility index (Phi) is 18.4. The van der Waals surface area contributed by atoms with Crippen LogP contribution >= 0.6 is 0 Å². The molecule has 0 spiro atoms. The fraction of sp³-hybridized carbons (Fsp3) is 0.333. The molecule has 0 atom stereocenters. The van der Waals surface area contributed by atoms with Gasteiger partial charge in [0.1, 0.15) is 0 Å². The van der Waals surface area contributed by atoms with Crippen molar-refractivity contribution in [3.05, 3.63) is 24.3 Å². The van der Waals surface area contributed by atoms with Gasteiger partial charge >= 0.3 is 31.4 Å². The van der Waals surface area contributed by atoms with Crippen LogP contribution in [-0.2, 0) is 48.1 Å². The van der Waals surface area contributed by atoms with E-state index in [1.165, 1.54) is 0 Å². The van der Waals surface area contributed by atoms with Crippen LogP contribution < -0.4 is 10.2 Å². The van der Waals surface area contributed by atoms with Crippen LogP contribution in [0.2, 0.25) is 0 Å². The number of hydrogen-bond acceptors (Lipinski definition) is 8. The first kappa shape index (κ1) is 24.0. The molecule has 0 fully saturated rings. The standard InChI is InChI=1S/2C6H8O4.Zn/c2*1-2-10-6(9)4-3-5(7)8;/h2*3-4H,2H2,1H3,(H,7,8);/q;;+2/p-2/b2*4-3+;. The summed E-state index contributed by atoms with van der Waals surface area (Å²) in [6.45, 7) is 3.72. The van der Waals surface area contributed by atoms with E-state index in [2.05, 4.69) is 9.47 Å². The van der Waals surface area contributed by atoms with E-state index in [4.69, 9.17) is 0 Å². The number of rotatable bonds is 6. The number of aliphatic carboxylic acids is 2. The molecule has 0 aromatic carbocycles. The van der Waals surface area contributed by atoms with Gasteiger partial charge in [-0.1, -0.05) is 0 Å². The van der Waals surface area contributed by atoms with Gasteiger partial charge < -0.3 is 29.3 Å². The van der Waals surface area contributed by atoms with Crippen molar-refractivity contribution < 1.29 is 58.3 Å². The Morgan fingerprint density at radius 1 is 0.762 bits per heavy atom. The number of carbonyl (C=O) groups is 4. The molecule has 112 valence electrons. The maximum absolute atomic E-state index is 10.3. The normalized spacial score (nSPS) is 9.24. The molecule has 0 rings (SSSR count). The molecule has 0 bridgehead atoms. The number of ether oxygens (including phenoxy) is 2. The minimum atomic E-state index is -1.41. The van der Waals surface area contributed by atoms with Crippen LogP contribution in [0.15, 0.2) is 24.3 Å². The first-order valence-corrected chi connectivity index (χ1v) is 5.45. The topological polar surface area (TPSA) is 133 Å². The van der Waals surface area contributed by atoms with Crippen molar-refractivity contribution in [2.45, 2.75) is 13.8 Å². The summed E-state index contributed by atoms with van der Waals surface area (Å²) >= 11 is 0. The number of carboxylic acids is 2. The van der Waals surface area contributed by atoms with E-state index in [9.17, 15) is 29.4 Å². The van der Waals surface area contributed by atoms with E-state index in [0.29, 0.717) is 12.2 Å². The van der Waals surface area contributed by atoms with Gasteiger partial charge in [-0.15, -0.1) is 0 Å². The molecule has 0 aromatic heterocycles. The molecule has 0 saturated carbocycles. The Balaban J connectivity index is -0.000000295. The Morgan fingerprint density at radius 2 is 1.05 bits per heavy atom. The van der Waals surface area contributed by atoms with Gasteiger partial charge in [0.05, 0.1) is 25.2 Å². The second-order valence-electron chi connectivity index (χ2n) is 2.81. The molecule has 0 N–H and O–H groups in total. The van der Waals surface area contributed by atoms with E-state index in [1.807, 2.05) is 0 Å². The third-order valence-corrected chi connectivity index (χ3v) is 1.28. The number of esters is 2. The zero-order chi connectivity index (χ0) is 16.0. The average molecular weight is 352 g/mol. The summed E-state index contributed by atoms with van der Waals surface area (Å²) in [5.74, 6) is -4.17. The molecule has 0 amide bonds. The van der Waals surface area contributed by atoms with Crippen molar-refractivity contribution in [2.24, 2.45) is 0 Å². The molecule has 0 aliphatic carbocycles. The third kappa shape index (κ3) is 23.5. The number of hydrogen-bond donors (Lipinski definition) is 0. The van der Waals surface area contributed by atoms with Gasteiger partial charge in [-0.3, -0.25) is 0 Å². The van der Waals surface area contributed by atoms with Crippen LogP contribution in [0, 0.1) is 0 Å². The zero-order valence-electron chi connectivity index (χ0n) is 11.7. The summed E-state index contributed by atoms with van der Waals surface area (Å²) in [6.07, 6.45) is 2.85. The van der Waals surface area contributed by atoms with Crippen molar-refractivity contribution in [1.82, 2.24) is 0 Å². The van der Waals surface area contributed by atoms with Crippen LogP contribution in [0.25, 0.3) is 0 Å². The summed E-state index contributed by atoms with van der Waals surface area (Å²) < 4.78 is 8.75. The van der Waals surface area contributed by atoms with Crippen molar-refractivity contribution in [1.29, 1.82) is 0 Å². The molecule has 0 unspecified atom stereocenters. The van der Waals surface area contributed by atoms with Crippen molar-refractivity contribution >= 4 is 23.9 Å². The van der Waals surface area contributed by atoms with Gasteiger partial charge in [0.2, 0.25) is 0 Å². The summed E-state index contributed by atoms with van der Waals surface area (Å²) in [5, 5.41) is 19.4. The van der Waals surface area contributed by atoms with E-state index in [0.717, 1.165) is 12.2 Å². The average Bonchev–Trinajstić information content (AvgIpc) is 2.35. The van der Waals surface area contributed by atoms with Crippen LogP contribution in [0.3, 0.4) is 0 Å². The minimum absolute atomic E-state index is 0. The smallest absolute Gasteiger partial charge is 0.545 e. The van der Waals surface area contributed by atoms with Crippen LogP contribution in [0.1, 0.15) is 13.8 Å². The fourth-order valence-electron chi connectivity index (χ4n) is 0.653. The summed E-state index contributed by atoms with van der Waals surface area (Å²) in [4.78, 5) is 40.1. The quantitative estimate of drug-likeness (QED) is 0.296. The first-order valence-electron chi connectivity index (χ1n) is 5.45. The maximum Gasteiger partial charge on any atom is 2.00 e. The Hall–Kier alpha value is -2.02. The van der Waals surface area contributed by atoms with E-state index >= 15 is 0 Å². The van der Waals surface area contributed by atoms with Crippen molar-refractivity contribution in [2.75, 3.05) is 13.2 Å². The third-order valence-electron chi connectivity index (χ3n) is 1.28.